The van der Waals surface area contributed by atoms with Crippen LogP contribution in [0.4, 0.5) is 5.69 Å². The first-order valence-corrected chi connectivity index (χ1v) is 6.24. The van der Waals surface area contributed by atoms with Gasteiger partial charge < -0.3 is 10.5 Å². The number of aromatic nitrogens is 2. The van der Waals surface area contributed by atoms with Gasteiger partial charge in [-0.15, -0.1) is 11.3 Å². The first-order valence-electron chi connectivity index (χ1n) is 5.36. The Labute approximate surface area is 109 Å². The quantitative estimate of drug-likeness (QED) is 0.858. The molecule has 2 N–H and O–H groups in total. The van der Waals surface area contributed by atoms with E-state index < -0.39 is 5.97 Å². The molecule has 0 amide bonds. The number of nitrogen functional groups attached to an aromatic ring is 1. The number of carbonyl (C=O) groups excluding carboxylic acids is 1. The van der Waals surface area contributed by atoms with Crippen molar-refractivity contribution in [2.75, 3.05) is 5.73 Å². The maximum atomic E-state index is 11.9. The summed E-state index contributed by atoms with van der Waals surface area (Å²) in [6.45, 7) is 3.81. The van der Waals surface area contributed by atoms with Gasteiger partial charge >= 0.3 is 5.97 Å². The predicted molar refractivity (Wildman–Crippen MR) is 69.4 cm³/mol. The van der Waals surface area contributed by atoms with Crippen molar-refractivity contribution in [3.8, 4) is 0 Å². The zero-order valence-corrected chi connectivity index (χ0v) is 11.0. The Morgan fingerprint density at radius 2 is 2.28 bits per heavy atom. The molecule has 0 atom stereocenters. The lowest BCUT2D eigenvalue weighted by Crippen LogP contribution is -2.09. The number of hydrogen-bond acceptors (Lipinski definition) is 6. The summed E-state index contributed by atoms with van der Waals surface area (Å²) in [6.07, 6.45) is 1.51. The van der Waals surface area contributed by atoms with Crippen LogP contribution in [-0.2, 0) is 11.3 Å². The van der Waals surface area contributed by atoms with Crippen molar-refractivity contribution < 1.29 is 9.53 Å². The van der Waals surface area contributed by atoms with Gasteiger partial charge in [-0.25, -0.2) is 9.78 Å². The van der Waals surface area contributed by atoms with E-state index in [1.165, 1.54) is 17.5 Å². The highest BCUT2D eigenvalue weighted by Gasteiger charge is 2.13. The van der Waals surface area contributed by atoms with Crippen LogP contribution in [0.5, 0.6) is 0 Å². The highest BCUT2D eigenvalue weighted by molar-refractivity contribution is 7.09. The van der Waals surface area contributed by atoms with E-state index in [4.69, 9.17) is 10.5 Å². The average molecular weight is 263 g/mol. The van der Waals surface area contributed by atoms with E-state index in [1.807, 2.05) is 12.3 Å². The Balaban J connectivity index is 2.05. The molecule has 2 rings (SSSR count). The number of nitrogens with zero attached hydrogens (tertiary/aromatic N) is 2. The second-order valence-electron chi connectivity index (χ2n) is 3.86. The third kappa shape index (κ3) is 2.84. The third-order valence-corrected chi connectivity index (χ3v) is 3.26. The first-order chi connectivity index (χ1) is 8.56. The summed E-state index contributed by atoms with van der Waals surface area (Å²) in [5, 5.41) is 2.69. The topological polar surface area (TPSA) is 78.1 Å². The van der Waals surface area contributed by atoms with Gasteiger partial charge in [-0.3, -0.25) is 4.98 Å². The molecule has 0 fully saturated rings. The normalized spacial score (nSPS) is 10.3. The average Bonchev–Trinajstić information content (AvgIpc) is 2.75. The summed E-state index contributed by atoms with van der Waals surface area (Å²) < 4.78 is 5.18. The second-order valence-corrected chi connectivity index (χ2v) is 4.80. The molecule has 0 aliphatic rings. The number of carbonyl (C=O) groups is 1. The van der Waals surface area contributed by atoms with Crippen LogP contribution in [0.15, 0.2) is 17.6 Å². The van der Waals surface area contributed by atoms with Crippen LogP contribution >= 0.6 is 11.3 Å². The fourth-order valence-electron chi connectivity index (χ4n) is 1.43. The monoisotopic (exact) mass is 263 g/mol. The standard InChI is InChI=1S/C12H13N3O2S/c1-7-6-18-11(15-7)5-17-12(16)10-3-9(13)4-14-8(10)2/h3-4,6H,5,13H2,1-2H3. The Bertz CT molecular complexity index is 580. The van der Waals surface area contributed by atoms with Crippen LogP contribution in [-0.4, -0.2) is 15.9 Å². The Kier molecular flexibility index (Phi) is 3.57. The molecule has 0 bridgehead atoms. The summed E-state index contributed by atoms with van der Waals surface area (Å²) in [6, 6.07) is 1.57. The van der Waals surface area contributed by atoms with Crippen LogP contribution in [0.3, 0.4) is 0 Å². The minimum atomic E-state index is -0.430. The van der Waals surface area contributed by atoms with E-state index in [2.05, 4.69) is 9.97 Å². The van der Waals surface area contributed by atoms with Gasteiger partial charge in [0, 0.05) is 11.1 Å². The molecule has 2 heterocycles. The second kappa shape index (κ2) is 5.14. The molecule has 0 spiro atoms. The molecular formula is C12H13N3O2S. The van der Waals surface area contributed by atoms with E-state index in [0.29, 0.717) is 16.9 Å². The Hall–Kier alpha value is -1.95. The molecule has 0 radical (unpaired) electrons. The highest BCUT2D eigenvalue weighted by atomic mass is 32.1. The van der Waals surface area contributed by atoms with Crippen molar-refractivity contribution in [3.63, 3.8) is 0 Å². The highest BCUT2D eigenvalue weighted by Crippen LogP contribution is 2.14. The first kappa shape index (κ1) is 12.5. The zero-order valence-electron chi connectivity index (χ0n) is 10.1. The van der Waals surface area contributed by atoms with Gasteiger partial charge in [-0.1, -0.05) is 0 Å². The molecule has 0 unspecified atom stereocenters. The molecule has 2 aromatic heterocycles. The van der Waals surface area contributed by atoms with Crippen molar-refractivity contribution in [1.82, 2.24) is 9.97 Å². The summed E-state index contributed by atoms with van der Waals surface area (Å²) in [4.78, 5) is 20.1. The summed E-state index contributed by atoms with van der Waals surface area (Å²) in [5.41, 5.74) is 7.95. The summed E-state index contributed by atoms with van der Waals surface area (Å²) >= 11 is 1.47. The molecule has 6 heteroatoms. The fraction of sp³-hybridized carbons (Fsp3) is 0.250. The van der Waals surface area contributed by atoms with Gasteiger partial charge in [0.25, 0.3) is 0 Å². The van der Waals surface area contributed by atoms with Crippen molar-refractivity contribution >= 4 is 23.0 Å². The minimum absolute atomic E-state index is 0.172. The number of esters is 1. The van der Waals surface area contributed by atoms with Crippen molar-refractivity contribution in [1.29, 1.82) is 0 Å². The largest absolute Gasteiger partial charge is 0.455 e. The number of thiazole rings is 1. The van der Waals surface area contributed by atoms with Crippen LogP contribution < -0.4 is 5.73 Å². The molecule has 0 aliphatic heterocycles. The maximum absolute atomic E-state index is 11.9. The number of anilines is 1. The predicted octanol–water partition coefficient (Wildman–Crippen LogP) is 2.09. The molecule has 18 heavy (non-hydrogen) atoms. The maximum Gasteiger partial charge on any atom is 0.340 e. The lowest BCUT2D eigenvalue weighted by molar-refractivity contribution is 0.0471. The lowest BCUT2D eigenvalue weighted by atomic mass is 10.2. The lowest BCUT2D eigenvalue weighted by Gasteiger charge is -2.05. The van der Waals surface area contributed by atoms with E-state index >= 15 is 0 Å². The van der Waals surface area contributed by atoms with Crippen molar-refractivity contribution in [3.05, 3.63) is 39.6 Å². The van der Waals surface area contributed by atoms with Gasteiger partial charge in [0.2, 0.25) is 0 Å². The van der Waals surface area contributed by atoms with Crippen LogP contribution in [0.25, 0.3) is 0 Å². The number of hydrogen-bond donors (Lipinski definition) is 1. The molecule has 0 aromatic carbocycles. The van der Waals surface area contributed by atoms with Gasteiger partial charge in [-0.2, -0.15) is 0 Å². The smallest absolute Gasteiger partial charge is 0.340 e. The number of rotatable bonds is 3. The Morgan fingerprint density at radius 3 is 2.94 bits per heavy atom. The Morgan fingerprint density at radius 1 is 1.50 bits per heavy atom. The summed E-state index contributed by atoms with van der Waals surface area (Å²) in [5.74, 6) is -0.430. The SMILES string of the molecule is Cc1csc(COC(=O)c2cc(N)cnc2C)n1. The molecule has 5 nitrogen and oxygen atoms in total. The number of pyridine rings is 1. The molecule has 0 saturated heterocycles. The number of ether oxygens (including phenoxy) is 1. The van der Waals surface area contributed by atoms with Crippen LogP contribution in [0, 0.1) is 13.8 Å². The van der Waals surface area contributed by atoms with Crippen molar-refractivity contribution in [2.45, 2.75) is 20.5 Å². The van der Waals surface area contributed by atoms with Gasteiger partial charge in [-0.05, 0) is 19.9 Å². The van der Waals surface area contributed by atoms with Crippen molar-refractivity contribution in [2.24, 2.45) is 0 Å². The van der Waals surface area contributed by atoms with Gasteiger partial charge in [0.05, 0.1) is 23.1 Å². The van der Waals surface area contributed by atoms with E-state index in [0.717, 1.165) is 10.7 Å². The van der Waals surface area contributed by atoms with Crippen LogP contribution in [0.2, 0.25) is 0 Å². The summed E-state index contributed by atoms with van der Waals surface area (Å²) in [7, 11) is 0. The zero-order chi connectivity index (χ0) is 13.1. The van der Waals surface area contributed by atoms with Crippen LogP contribution in [0.1, 0.15) is 26.8 Å². The molecule has 0 aliphatic carbocycles. The van der Waals surface area contributed by atoms with E-state index in [9.17, 15) is 4.79 Å². The molecular weight excluding hydrogens is 250 g/mol. The molecule has 94 valence electrons. The molecule has 2 aromatic rings. The fourth-order valence-corrected chi connectivity index (χ4v) is 2.11. The van der Waals surface area contributed by atoms with Gasteiger partial charge in [0.15, 0.2) is 0 Å². The number of aryl methyl sites for hydroxylation is 2. The van der Waals surface area contributed by atoms with E-state index in [-0.39, 0.29) is 6.61 Å². The number of nitrogens with two attached hydrogens (primary N) is 1. The molecule has 0 saturated carbocycles. The van der Waals surface area contributed by atoms with E-state index in [1.54, 1.807) is 13.0 Å². The minimum Gasteiger partial charge on any atom is -0.455 e. The third-order valence-electron chi connectivity index (χ3n) is 2.32. The van der Waals surface area contributed by atoms with Gasteiger partial charge in [0.1, 0.15) is 11.6 Å².